The first-order valence-corrected chi connectivity index (χ1v) is 12.4. The standard InChI is InChI=1S/C22H34N2O4S/c1-4-13-29(26,27)24-11-9-22(10-12-24)15-18(14-21(25)23-16-17(2)3)19-7-5-6-8-20(19)28-22/h5-8,17-18H,4,9-16H2,1-3H3,(H,23,25)/t18-/m1/s1. The molecular weight excluding hydrogens is 388 g/mol. The molecule has 1 amide bonds. The summed E-state index contributed by atoms with van der Waals surface area (Å²) in [4.78, 5) is 12.5. The molecule has 3 rings (SSSR count). The van der Waals surface area contributed by atoms with Gasteiger partial charge in [-0.2, -0.15) is 0 Å². The molecule has 2 heterocycles. The number of benzene rings is 1. The Kier molecular flexibility index (Phi) is 6.89. The number of carbonyl (C=O) groups is 1. The van der Waals surface area contributed by atoms with Gasteiger partial charge in [-0.1, -0.05) is 39.0 Å². The highest BCUT2D eigenvalue weighted by Crippen LogP contribution is 2.46. The van der Waals surface area contributed by atoms with Crippen LogP contribution in [0.1, 0.15) is 64.4 Å². The fourth-order valence-corrected chi connectivity index (χ4v) is 5.92. The lowest BCUT2D eigenvalue weighted by atomic mass is 9.76. The molecule has 6 nitrogen and oxygen atoms in total. The smallest absolute Gasteiger partial charge is 0.220 e. The van der Waals surface area contributed by atoms with E-state index < -0.39 is 15.6 Å². The Labute approximate surface area is 175 Å². The highest BCUT2D eigenvalue weighted by Gasteiger charge is 2.45. The van der Waals surface area contributed by atoms with Gasteiger partial charge in [0.25, 0.3) is 0 Å². The summed E-state index contributed by atoms with van der Waals surface area (Å²) >= 11 is 0. The minimum Gasteiger partial charge on any atom is -0.487 e. The first kappa shape index (κ1) is 22.1. The maximum atomic E-state index is 12.5. The summed E-state index contributed by atoms with van der Waals surface area (Å²) in [5.41, 5.74) is 0.689. The molecule has 1 atom stereocenters. The highest BCUT2D eigenvalue weighted by atomic mass is 32.2. The van der Waals surface area contributed by atoms with Crippen molar-refractivity contribution >= 4 is 15.9 Å². The van der Waals surface area contributed by atoms with Crippen molar-refractivity contribution < 1.29 is 17.9 Å². The number of ether oxygens (including phenoxy) is 1. The van der Waals surface area contributed by atoms with Crippen molar-refractivity contribution in [2.45, 2.75) is 64.4 Å². The molecule has 0 aliphatic carbocycles. The molecule has 0 aromatic heterocycles. The van der Waals surface area contributed by atoms with Crippen LogP contribution in [0.25, 0.3) is 0 Å². The maximum absolute atomic E-state index is 12.5. The Morgan fingerprint density at radius 1 is 1.28 bits per heavy atom. The van der Waals surface area contributed by atoms with E-state index in [9.17, 15) is 13.2 Å². The molecule has 1 spiro atoms. The molecule has 2 aliphatic heterocycles. The minimum atomic E-state index is -3.18. The van der Waals surface area contributed by atoms with E-state index in [-0.39, 0.29) is 17.6 Å². The Morgan fingerprint density at radius 2 is 1.97 bits per heavy atom. The van der Waals surface area contributed by atoms with Crippen molar-refractivity contribution in [1.82, 2.24) is 9.62 Å². The molecule has 1 aromatic carbocycles. The van der Waals surface area contributed by atoms with Gasteiger partial charge in [0.15, 0.2) is 0 Å². The van der Waals surface area contributed by atoms with Crippen LogP contribution in [0, 0.1) is 5.92 Å². The molecule has 1 N–H and O–H groups in total. The number of nitrogens with one attached hydrogen (secondary N) is 1. The van der Waals surface area contributed by atoms with Crippen molar-refractivity contribution in [3.63, 3.8) is 0 Å². The van der Waals surface area contributed by atoms with Gasteiger partial charge < -0.3 is 10.1 Å². The zero-order chi connectivity index (χ0) is 21.1. The third kappa shape index (κ3) is 5.31. The van der Waals surface area contributed by atoms with Crippen LogP contribution in [0.5, 0.6) is 5.75 Å². The van der Waals surface area contributed by atoms with Crippen LogP contribution < -0.4 is 10.1 Å². The zero-order valence-corrected chi connectivity index (χ0v) is 18.6. The number of piperidine rings is 1. The number of sulfonamides is 1. The molecule has 29 heavy (non-hydrogen) atoms. The molecule has 162 valence electrons. The normalized spacial score (nSPS) is 21.6. The van der Waals surface area contributed by atoms with E-state index in [4.69, 9.17) is 4.74 Å². The fourth-order valence-electron chi connectivity index (χ4n) is 4.41. The molecule has 2 aliphatic rings. The number of rotatable bonds is 7. The van der Waals surface area contributed by atoms with Crippen molar-refractivity contribution in [2.75, 3.05) is 25.4 Å². The molecule has 0 bridgehead atoms. The molecule has 1 fully saturated rings. The van der Waals surface area contributed by atoms with E-state index in [0.29, 0.717) is 51.2 Å². The van der Waals surface area contributed by atoms with E-state index in [0.717, 1.165) is 17.7 Å². The topological polar surface area (TPSA) is 75.7 Å². The molecule has 1 saturated heterocycles. The van der Waals surface area contributed by atoms with Gasteiger partial charge in [-0.25, -0.2) is 12.7 Å². The van der Waals surface area contributed by atoms with Gasteiger partial charge in [-0.15, -0.1) is 0 Å². The number of hydrogen-bond donors (Lipinski definition) is 1. The van der Waals surface area contributed by atoms with Crippen LogP contribution in [-0.4, -0.2) is 49.6 Å². The monoisotopic (exact) mass is 422 g/mol. The highest BCUT2D eigenvalue weighted by molar-refractivity contribution is 7.89. The van der Waals surface area contributed by atoms with Crippen LogP contribution in [0.3, 0.4) is 0 Å². The summed E-state index contributed by atoms with van der Waals surface area (Å²) in [5.74, 6) is 1.61. The van der Waals surface area contributed by atoms with E-state index in [1.165, 1.54) is 0 Å². The van der Waals surface area contributed by atoms with Crippen molar-refractivity contribution in [3.8, 4) is 5.75 Å². The molecule has 7 heteroatoms. The van der Waals surface area contributed by atoms with Crippen LogP contribution in [0.15, 0.2) is 24.3 Å². The fraction of sp³-hybridized carbons (Fsp3) is 0.682. The number of para-hydroxylation sites is 1. The molecule has 0 radical (unpaired) electrons. The maximum Gasteiger partial charge on any atom is 0.220 e. The first-order chi connectivity index (χ1) is 13.7. The number of carbonyl (C=O) groups excluding carboxylic acids is 1. The largest absolute Gasteiger partial charge is 0.487 e. The lowest BCUT2D eigenvalue weighted by Gasteiger charge is -2.46. The van der Waals surface area contributed by atoms with Gasteiger partial charge in [0.2, 0.25) is 15.9 Å². The Bertz CT molecular complexity index is 814. The van der Waals surface area contributed by atoms with Crippen LogP contribution >= 0.6 is 0 Å². The Hall–Kier alpha value is -1.60. The summed E-state index contributed by atoms with van der Waals surface area (Å²) in [6.07, 6.45) is 3.14. The second-order valence-electron chi connectivity index (χ2n) is 8.84. The molecule has 0 saturated carbocycles. The first-order valence-electron chi connectivity index (χ1n) is 10.8. The van der Waals surface area contributed by atoms with Gasteiger partial charge in [-0.05, 0) is 30.4 Å². The number of amides is 1. The molecular formula is C22H34N2O4S. The Morgan fingerprint density at radius 3 is 2.62 bits per heavy atom. The minimum absolute atomic E-state index is 0.0681. The summed E-state index contributed by atoms with van der Waals surface area (Å²) in [6, 6.07) is 7.95. The predicted molar refractivity (Wildman–Crippen MR) is 115 cm³/mol. The second kappa shape index (κ2) is 9.04. The predicted octanol–water partition coefficient (Wildman–Crippen LogP) is 3.29. The number of fused-ring (bicyclic) bond motifs is 1. The number of hydrogen-bond acceptors (Lipinski definition) is 4. The summed E-state index contributed by atoms with van der Waals surface area (Å²) in [6.45, 7) is 7.70. The van der Waals surface area contributed by atoms with Crippen molar-refractivity contribution in [1.29, 1.82) is 0 Å². The van der Waals surface area contributed by atoms with E-state index >= 15 is 0 Å². The lowest BCUT2D eigenvalue weighted by Crippen LogP contribution is -2.52. The number of nitrogens with zero attached hydrogens (tertiary/aromatic N) is 1. The third-order valence-electron chi connectivity index (χ3n) is 5.93. The average Bonchev–Trinajstić information content (AvgIpc) is 2.66. The second-order valence-corrected chi connectivity index (χ2v) is 10.9. The lowest BCUT2D eigenvalue weighted by molar-refractivity contribution is -0.122. The van der Waals surface area contributed by atoms with Gasteiger partial charge >= 0.3 is 0 Å². The molecule has 1 aromatic rings. The third-order valence-corrected chi connectivity index (χ3v) is 8.01. The van der Waals surface area contributed by atoms with Gasteiger partial charge in [0, 0.05) is 44.8 Å². The van der Waals surface area contributed by atoms with Crippen LogP contribution in [-0.2, 0) is 14.8 Å². The molecule has 0 unspecified atom stereocenters. The summed E-state index contributed by atoms with van der Waals surface area (Å²) in [5, 5.41) is 3.03. The summed E-state index contributed by atoms with van der Waals surface area (Å²) < 4.78 is 32.9. The van der Waals surface area contributed by atoms with Crippen LogP contribution in [0.2, 0.25) is 0 Å². The van der Waals surface area contributed by atoms with E-state index in [2.05, 4.69) is 19.2 Å². The van der Waals surface area contributed by atoms with E-state index in [1.807, 2.05) is 31.2 Å². The van der Waals surface area contributed by atoms with Gasteiger partial charge in [-0.3, -0.25) is 4.79 Å². The van der Waals surface area contributed by atoms with Crippen molar-refractivity contribution in [2.24, 2.45) is 5.92 Å². The summed E-state index contributed by atoms with van der Waals surface area (Å²) in [7, 11) is -3.18. The average molecular weight is 423 g/mol. The van der Waals surface area contributed by atoms with Gasteiger partial charge in [0.05, 0.1) is 5.75 Å². The van der Waals surface area contributed by atoms with E-state index in [1.54, 1.807) is 4.31 Å². The van der Waals surface area contributed by atoms with Crippen molar-refractivity contribution in [3.05, 3.63) is 29.8 Å². The SMILES string of the molecule is CCCS(=O)(=O)N1CCC2(CC1)C[C@@H](CC(=O)NCC(C)C)c1ccccc1O2. The van der Waals surface area contributed by atoms with Crippen LogP contribution in [0.4, 0.5) is 0 Å². The zero-order valence-electron chi connectivity index (χ0n) is 17.8. The Balaban J connectivity index is 1.73. The quantitative estimate of drug-likeness (QED) is 0.732. The van der Waals surface area contributed by atoms with Gasteiger partial charge in [0.1, 0.15) is 11.4 Å².